The van der Waals surface area contributed by atoms with Crippen LogP contribution in [0.2, 0.25) is 0 Å². The summed E-state index contributed by atoms with van der Waals surface area (Å²) in [5, 5.41) is 0. The SMILES string of the molecule is COc1ccc(I)c(OC)c1CC(C)N. The Morgan fingerprint density at radius 3 is 2.47 bits per heavy atom. The summed E-state index contributed by atoms with van der Waals surface area (Å²) >= 11 is 2.24. The highest BCUT2D eigenvalue weighted by Gasteiger charge is 2.14. The zero-order valence-corrected chi connectivity index (χ0v) is 11.4. The summed E-state index contributed by atoms with van der Waals surface area (Å²) in [6, 6.07) is 4.01. The van der Waals surface area contributed by atoms with Crippen molar-refractivity contribution in [3.63, 3.8) is 0 Å². The third kappa shape index (κ3) is 2.98. The van der Waals surface area contributed by atoms with Gasteiger partial charge in [-0.05, 0) is 48.1 Å². The van der Waals surface area contributed by atoms with Crippen LogP contribution in [-0.2, 0) is 6.42 Å². The van der Waals surface area contributed by atoms with Crippen molar-refractivity contribution in [1.82, 2.24) is 0 Å². The van der Waals surface area contributed by atoms with Crippen LogP contribution in [0.15, 0.2) is 12.1 Å². The molecule has 0 bridgehead atoms. The maximum absolute atomic E-state index is 5.81. The van der Waals surface area contributed by atoms with Gasteiger partial charge in [0.05, 0.1) is 17.8 Å². The van der Waals surface area contributed by atoms with Crippen molar-refractivity contribution in [2.24, 2.45) is 5.73 Å². The van der Waals surface area contributed by atoms with Gasteiger partial charge in [0.2, 0.25) is 0 Å². The highest BCUT2D eigenvalue weighted by molar-refractivity contribution is 14.1. The molecule has 84 valence electrons. The molecule has 4 heteroatoms. The summed E-state index contributed by atoms with van der Waals surface area (Å²) in [6.07, 6.45) is 0.753. The fraction of sp³-hybridized carbons (Fsp3) is 0.455. The van der Waals surface area contributed by atoms with Crippen molar-refractivity contribution >= 4 is 22.6 Å². The molecule has 0 amide bonds. The largest absolute Gasteiger partial charge is 0.496 e. The van der Waals surface area contributed by atoms with Gasteiger partial charge in [-0.2, -0.15) is 0 Å². The second kappa shape index (κ2) is 5.55. The molecular formula is C11H16INO2. The molecule has 1 rings (SSSR count). The molecule has 3 nitrogen and oxygen atoms in total. The van der Waals surface area contributed by atoms with Crippen molar-refractivity contribution < 1.29 is 9.47 Å². The Morgan fingerprint density at radius 1 is 1.33 bits per heavy atom. The predicted octanol–water partition coefficient (Wildman–Crippen LogP) is 2.20. The van der Waals surface area contributed by atoms with E-state index >= 15 is 0 Å². The molecule has 0 saturated carbocycles. The Balaban J connectivity index is 3.21. The van der Waals surface area contributed by atoms with Gasteiger partial charge < -0.3 is 15.2 Å². The lowest BCUT2D eigenvalue weighted by Gasteiger charge is -2.16. The van der Waals surface area contributed by atoms with Crippen LogP contribution < -0.4 is 15.2 Å². The number of ether oxygens (including phenoxy) is 2. The highest BCUT2D eigenvalue weighted by atomic mass is 127. The van der Waals surface area contributed by atoms with Gasteiger partial charge >= 0.3 is 0 Å². The van der Waals surface area contributed by atoms with E-state index in [-0.39, 0.29) is 6.04 Å². The molecule has 0 radical (unpaired) electrons. The first-order chi connectivity index (χ1) is 7.10. The number of methoxy groups -OCH3 is 2. The van der Waals surface area contributed by atoms with Gasteiger partial charge in [-0.15, -0.1) is 0 Å². The molecule has 0 fully saturated rings. The monoisotopic (exact) mass is 321 g/mol. The zero-order valence-electron chi connectivity index (χ0n) is 9.21. The minimum atomic E-state index is 0.0889. The molecule has 15 heavy (non-hydrogen) atoms. The van der Waals surface area contributed by atoms with Crippen LogP contribution in [0.25, 0.3) is 0 Å². The Labute approximate surface area is 104 Å². The first-order valence-electron chi connectivity index (χ1n) is 4.75. The number of halogens is 1. The summed E-state index contributed by atoms with van der Waals surface area (Å²) in [7, 11) is 3.33. The van der Waals surface area contributed by atoms with Gasteiger partial charge in [-0.1, -0.05) is 0 Å². The Morgan fingerprint density at radius 2 is 2.00 bits per heavy atom. The van der Waals surface area contributed by atoms with Crippen LogP contribution in [0.1, 0.15) is 12.5 Å². The maximum Gasteiger partial charge on any atom is 0.139 e. The van der Waals surface area contributed by atoms with E-state index in [1.807, 2.05) is 19.1 Å². The molecule has 0 aromatic heterocycles. The molecule has 0 aliphatic carbocycles. The third-order valence-corrected chi connectivity index (χ3v) is 2.97. The Kier molecular flexibility index (Phi) is 4.66. The van der Waals surface area contributed by atoms with Crippen LogP contribution in [0.3, 0.4) is 0 Å². The van der Waals surface area contributed by atoms with Gasteiger partial charge in [0.25, 0.3) is 0 Å². The van der Waals surface area contributed by atoms with E-state index in [1.165, 1.54) is 0 Å². The fourth-order valence-electron chi connectivity index (χ4n) is 1.51. The molecule has 0 heterocycles. The average Bonchev–Trinajstić information content (AvgIpc) is 2.18. The molecule has 1 aromatic carbocycles. The normalized spacial score (nSPS) is 12.3. The molecule has 0 aliphatic rings. The van der Waals surface area contributed by atoms with Gasteiger partial charge in [0.1, 0.15) is 11.5 Å². The molecule has 1 atom stereocenters. The second-order valence-corrected chi connectivity index (χ2v) is 4.61. The summed E-state index contributed by atoms with van der Waals surface area (Å²) in [5.74, 6) is 1.71. The van der Waals surface area contributed by atoms with E-state index in [4.69, 9.17) is 15.2 Å². The molecule has 0 aliphatic heterocycles. The van der Waals surface area contributed by atoms with E-state index in [0.717, 1.165) is 27.1 Å². The summed E-state index contributed by atoms with van der Waals surface area (Å²) in [5.41, 5.74) is 6.85. The quantitative estimate of drug-likeness (QED) is 0.865. The van der Waals surface area contributed by atoms with Crippen molar-refractivity contribution in [3.05, 3.63) is 21.3 Å². The second-order valence-electron chi connectivity index (χ2n) is 3.44. The topological polar surface area (TPSA) is 44.5 Å². The molecule has 0 saturated heterocycles. The van der Waals surface area contributed by atoms with Crippen molar-refractivity contribution in [2.45, 2.75) is 19.4 Å². The van der Waals surface area contributed by atoms with Crippen molar-refractivity contribution in [3.8, 4) is 11.5 Å². The highest BCUT2D eigenvalue weighted by Crippen LogP contribution is 2.33. The standard InChI is InChI=1S/C11H16INO2/c1-7(13)6-8-10(14-2)5-4-9(12)11(8)15-3/h4-5,7H,6,13H2,1-3H3. The summed E-state index contributed by atoms with van der Waals surface area (Å²) in [6.45, 7) is 1.97. The van der Waals surface area contributed by atoms with Crippen LogP contribution in [0.5, 0.6) is 11.5 Å². The van der Waals surface area contributed by atoms with Crippen molar-refractivity contribution in [2.75, 3.05) is 14.2 Å². The number of benzene rings is 1. The number of hydrogen-bond donors (Lipinski definition) is 1. The van der Waals surface area contributed by atoms with Gasteiger partial charge in [0.15, 0.2) is 0 Å². The maximum atomic E-state index is 5.81. The number of hydrogen-bond acceptors (Lipinski definition) is 3. The lowest BCUT2D eigenvalue weighted by molar-refractivity contribution is 0.381. The smallest absolute Gasteiger partial charge is 0.139 e. The van der Waals surface area contributed by atoms with E-state index in [1.54, 1.807) is 14.2 Å². The van der Waals surface area contributed by atoms with Gasteiger partial charge in [-0.3, -0.25) is 0 Å². The Hall–Kier alpha value is -0.490. The van der Waals surface area contributed by atoms with E-state index < -0.39 is 0 Å². The zero-order chi connectivity index (χ0) is 11.4. The van der Waals surface area contributed by atoms with Crippen LogP contribution in [-0.4, -0.2) is 20.3 Å². The van der Waals surface area contributed by atoms with Crippen LogP contribution >= 0.6 is 22.6 Å². The molecule has 0 spiro atoms. The summed E-state index contributed by atoms with van der Waals surface area (Å²) in [4.78, 5) is 0. The minimum Gasteiger partial charge on any atom is -0.496 e. The van der Waals surface area contributed by atoms with Gasteiger partial charge in [0, 0.05) is 11.6 Å². The van der Waals surface area contributed by atoms with Crippen LogP contribution in [0.4, 0.5) is 0 Å². The molecule has 1 unspecified atom stereocenters. The van der Waals surface area contributed by atoms with Crippen LogP contribution in [0, 0.1) is 3.57 Å². The molecule has 1 aromatic rings. The minimum absolute atomic E-state index is 0.0889. The van der Waals surface area contributed by atoms with Gasteiger partial charge in [-0.25, -0.2) is 0 Å². The fourth-order valence-corrected chi connectivity index (χ4v) is 2.23. The molecule has 2 N–H and O–H groups in total. The summed E-state index contributed by atoms with van der Waals surface area (Å²) < 4.78 is 11.8. The number of nitrogens with two attached hydrogens (primary N) is 1. The van der Waals surface area contributed by atoms with Crippen molar-refractivity contribution in [1.29, 1.82) is 0 Å². The lowest BCUT2D eigenvalue weighted by atomic mass is 10.1. The Bertz CT molecular complexity index is 340. The van der Waals surface area contributed by atoms with E-state index in [2.05, 4.69) is 22.6 Å². The first kappa shape index (κ1) is 12.6. The van der Waals surface area contributed by atoms with E-state index in [0.29, 0.717) is 0 Å². The number of rotatable bonds is 4. The lowest BCUT2D eigenvalue weighted by Crippen LogP contribution is -2.19. The predicted molar refractivity (Wildman–Crippen MR) is 69.6 cm³/mol. The first-order valence-corrected chi connectivity index (χ1v) is 5.83. The molecular weight excluding hydrogens is 305 g/mol. The average molecular weight is 321 g/mol. The van der Waals surface area contributed by atoms with E-state index in [9.17, 15) is 0 Å². The third-order valence-electron chi connectivity index (χ3n) is 2.12.